The summed E-state index contributed by atoms with van der Waals surface area (Å²) in [5, 5.41) is 0. The quantitative estimate of drug-likeness (QED) is 0.841. The first-order valence-electron chi connectivity index (χ1n) is 8.57. The molecule has 0 radical (unpaired) electrons. The number of hydrogen-bond donors (Lipinski definition) is 1. The molecule has 0 amide bonds. The molecule has 1 heterocycles. The van der Waals surface area contributed by atoms with E-state index in [1.165, 1.54) is 51.5 Å². The van der Waals surface area contributed by atoms with E-state index in [-0.39, 0.29) is 0 Å². The van der Waals surface area contributed by atoms with Crippen LogP contribution in [0.5, 0.6) is 0 Å². The molecule has 1 saturated heterocycles. The third-order valence-corrected chi connectivity index (χ3v) is 5.71. The van der Waals surface area contributed by atoms with Crippen molar-refractivity contribution in [1.82, 2.24) is 4.90 Å². The zero-order valence-electron chi connectivity index (χ0n) is 13.3. The van der Waals surface area contributed by atoms with Crippen molar-refractivity contribution in [3.05, 3.63) is 0 Å². The molecule has 0 aromatic heterocycles. The van der Waals surface area contributed by atoms with Crippen molar-refractivity contribution in [2.45, 2.75) is 77.8 Å². The number of nitrogens with two attached hydrogens (primary N) is 1. The largest absolute Gasteiger partial charge is 0.329 e. The average Bonchev–Trinajstić information content (AvgIpc) is 2.41. The van der Waals surface area contributed by atoms with E-state index in [0.717, 1.165) is 24.3 Å². The minimum absolute atomic E-state index is 0.628. The van der Waals surface area contributed by atoms with Gasteiger partial charge >= 0.3 is 0 Å². The topological polar surface area (TPSA) is 29.3 Å². The van der Waals surface area contributed by atoms with Gasteiger partial charge in [-0.1, -0.05) is 46.0 Å². The van der Waals surface area contributed by atoms with Crippen LogP contribution in [0.25, 0.3) is 0 Å². The summed E-state index contributed by atoms with van der Waals surface area (Å²) in [6.45, 7) is 9.35. The molecule has 4 unspecified atom stereocenters. The minimum Gasteiger partial charge on any atom is -0.329 e. The Morgan fingerprint density at radius 1 is 1.11 bits per heavy atom. The van der Waals surface area contributed by atoms with E-state index in [9.17, 15) is 0 Å². The van der Waals surface area contributed by atoms with Crippen molar-refractivity contribution in [2.24, 2.45) is 23.5 Å². The molecule has 0 spiro atoms. The summed E-state index contributed by atoms with van der Waals surface area (Å²) in [6.07, 6.45) is 9.99. The highest BCUT2D eigenvalue weighted by molar-refractivity contribution is 4.88. The monoisotopic (exact) mass is 266 g/mol. The predicted molar refractivity (Wildman–Crippen MR) is 83.1 cm³/mol. The smallest absolute Gasteiger partial charge is 0.0224 e. The Bertz CT molecular complexity index is 260. The minimum atomic E-state index is 0.628. The summed E-state index contributed by atoms with van der Waals surface area (Å²) in [6, 6.07) is 1.34. The molecule has 2 aliphatic rings. The van der Waals surface area contributed by atoms with Crippen molar-refractivity contribution >= 4 is 0 Å². The van der Waals surface area contributed by atoms with Gasteiger partial charge in [-0.2, -0.15) is 0 Å². The van der Waals surface area contributed by atoms with Gasteiger partial charge in [0.2, 0.25) is 0 Å². The predicted octanol–water partition coefficient (Wildman–Crippen LogP) is 3.65. The standard InChI is InChI=1S/C17H34N2/c1-13-9-14(2)15(3)19(12-13)17(11-18)10-16-7-5-4-6-8-16/h13-17H,4-12,18H2,1-3H3. The van der Waals surface area contributed by atoms with Gasteiger partial charge < -0.3 is 5.73 Å². The number of rotatable bonds is 4. The number of hydrogen-bond acceptors (Lipinski definition) is 2. The van der Waals surface area contributed by atoms with Crippen LogP contribution in [0.15, 0.2) is 0 Å². The fourth-order valence-electron chi connectivity index (χ4n) is 4.42. The second-order valence-corrected chi connectivity index (χ2v) is 7.38. The van der Waals surface area contributed by atoms with Crippen LogP contribution in [-0.4, -0.2) is 30.1 Å². The van der Waals surface area contributed by atoms with Gasteiger partial charge in [0, 0.05) is 25.2 Å². The van der Waals surface area contributed by atoms with Crippen molar-refractivity contribution in [3.63, 3.8) is 0 Å². The Balaban J connectivity index is 1.94. The lowest BCUT2D eigenvalue weighted by Crippen LogP contribution is -2.53. The molecule has 19 heavy (non-hydrogen) atoms. The van der Waals surface area contributed by atoms with Crippen LogP contribution >= 0.6 is 0 Å². The lowest BCUT2D eigenvalue weighted by atomic mass is 9.81. The van der Waals surface area contributed by atoms with E-state index >= 15 is 0 Å². The normalized spacial score (nSPS) is 36.3. The van der Waals surface area contributed by atoms with Gasteiger partial charge in [0.05, 0.1) is 0 Å². The Hall–Kier alpha value is -0.0800. The van der Waals surface area contributed by atoms with Crippen LogP contribution in [0.1, 0.15) is 65.7 Å². The molecule has 1 aliphatic carbocycles. The molecular weight excluding hydrogens is 232 g/mol. The third kappa shape index (κ3) is 3.95. The molecule has 2 N–H and O–H groups in total. The van der Waals surface area contributed by atoms with Crippen molar-refractivity contribution in [2.75, 3.05) is 13.1 Å². The summed E-state index contributed by atoms with van der Waals surface area (Å²) < 4.78 is 0. The van der Waals surface area contributed by atoms with Crippen LogP contribution in [-0.2, 0) is 0 Å². The first-order chi connectivity index (χ1) is 9.11. The first kappa shape index (κ1) is 15.3. The number of piperidine rings is 1. The van der Waals surface area contributed by atoms with Crippen molar-refractivity contribution in [1.29, 1.82) is 0 Å². The first-order valence-corrected chi connectivity index (χ1v) is 8.57. The Labute approximate surface area is 120 Å². The molecule has 4 atom stereocenters. The fourth-order valence-corrected chi connectivity index (χ4v) is 4.42. The maximum atomic E-state index is 6.13. The van der Waals surface area contributed by atoms with Gasteiger partial charge in [0.15, 0.2) is 0 Å². The summed E-state index contributed by atoms with van der Waals surface area (Å²) in [7, 11) is 0. The SMILES string of the molecule is CC1CC(C)C(C)N(C(CN)CC2CCCCC2)C1. The third-order valence-electron chi connectivity index (χ3n) is 5.71. The molecule has 0 bridgehead atoms. The number of nitrogens with zero attached hydrogens (tertiary/aromatic N) is 1. The summed E-state index contributed by atoms with van der Waals surface area (Å²) in [5.41, 5.74) is 6.13. The summed E-state index contributed by atoms with van der Waals surface area (Å²) in [4.78, 5) is 2.74. The second-order valence-electron chi connectivity index (χ2n) is 7.38. The second kappa shape index (κ2) is 7.08. The van der Waals surface area contributed by atoms with Gasteiger partial charge in [0.1, 0.15) is 0 Å². The molecule has 1 aliphatic heterocycles. The molecule has 2 fully saturated rings. The fraction of sp³-hybridized carbons (Fsp3) is 1.00. The van der Waals surface area contributed by atoms with Gasteiger partial charge in [-0.25, -0.2) is 0 Å². The Morgan fingerprint density at radius 3 is 2.42 bits per heavy atom. The molecule has 0 aromatic rings. The van der Waals surface area contributed by atoms with E-state index in [2.05, 4.69) is 25.7 Å². The van der Waals surface area contributed by atoms with Crippen molar-refractivity contribution in [3.8, 4) is 0 Å². The van der Waals surface area contributed by atoms with Crippen LogP contribution in [0.3, 0.4) is 0 Å². The highest BCUT2D eigenvalue weighted by Gasteiger charge is 2.33. The van der Waals surface area contributed by atoms with E-state index in [4.69, 9.17) is 5.73 Å². The molecule has 2 heteroatoms. The zero-order chi connectivity index (χ0) is 13.8. The van der Waals surface area contributed by atoms with Crippen LogP contribution in [0.2, 0.25) is 0 Å². The molecule has 112 valence electrons. The molecule has 2 rings (SSSR count). The van der Waals surface area contributed by atoms with E-state index in [1.54, 1.807) is 0 Å². The highest BCUT2D eigenvalue weighted by Crippen LogP contribution is 2.33. The van der Waals surface area contributed by atoms with Crippen LogP contribution in [0.4, 0.5) is 0 Å². The Morgan fingerprint density at radius 2 is 1.79 bits per heavy atom. The van der Waals surface area contributed by atoms with Gasteiger partial charge in [-0.15, -0.1) is 0 Å². The summed E-state index contributed by atoms with van der Waals surface area (Å²) in [5.74, 6) is 2.61. The number of likely N-dealkylation sites (tertiary alicyclic amines) is 1. The van der Waals surface area contributed by atoms with Crippen molar-refractivity contribution < 1.29 is 0 Å². The molecular formula is C17H34N2. The lowest BCUT2D eigenvalue weighted by Gasteiger charge is -2.46. The molecule has 0 aromatic carbocycles. The van der Waals surface area contributed by atoms with E-state index in [0.29, 0.717) is 12.1 Å². The molecule has 1 saturated carbocycles. The van der Waals surface area contributed by atoms with Gasteiger partial charge in [-0.3, -0.25) is 4.90 Å². The highest BCUT2D eigenvalue weighted by atomic mass is 15.2. The van der Waals surface area contributed by atoms with Crippen LogP contribution in [0, 0.1) is 17.8 Å². The zero-order valence-corrected chi connectivity index (χ0v) is 13.3. The summed E-state index contributed by atoms with van der Waals surface area (Å²) >= 11 is 0. The maximum absolute atomic E-state index is 6.13. The Kier molecular flexibility index (Phi) is 5.70. The van der Waals surface area contributed by atoms with Gasteiger partial charge in [-0.05, 0) is 37.5 Å². The lowest BCUT2D eigenvalue weighted by molar-refractivity contribution is 0.0313. The molecule has 2 nitrogen and oxygen atoms in total. The van der Waals surface area contributed by atoms with E-state index in [1.807, 2.05) is 0 Å². The van der Waals surface area contributed by atoms with Crippen LogP contribution < -0.4 is 5.73 Å². The van der Waals surface area contributed by atoms with E-state index < -0.39 is 0 Å². The average molecular weight is 266 g/mol. The van der Waals surface area contributed by atoms with Gasteiger partial charge in [0.25, 0.3) is 0 Å². The maximum Gasteiger partial charge on any atom is 0.0224 e.